The Labute approximate surface area is 104 Å². The van der Waals surface area contributed by atoms with Gasteiger partial charge in [-0.1, -0.05) is 12.1 Å². The third-order valence-electron chi connectivity index (χ3n) is 3.32. The topological polar surface area (TPSA) is 40.3 Å². The summed E-state index contributed by atoms with van der Waals surface area (Å²) in [5, 5.41) is 1.78. The number of aliphatic imine (C=N–C) groups is 1. The number of rotatable bonds is 0. The molecular formula is C14H10N4. The first-order chi connectivity index (χ1) is 8.88. The van der Waals surface area contributed by atoms with Gasteiger partial charge in [0.2, 0.25) is 0 Å². The first kappa shape index (κ1) is 9.53. The van der Waals surface area contributed by atoms with E-state index >= 15 is 0 Å². The van der Waals surface area contributed by atoms with Crippen LogP contribution in [0.25, 0.3) is 0 Å². The van der Waals surface area contributed by atoms with Crippen molar-refractivity contribution in [2.75, 3.05) is 0 Å². The molecule has 1 unspecified atom stereocenters. The third-order valence-corrected chi connectivity index (χ3v) is 3.32. The summed E-state index contributed by atoms with van der Waals surface area (Å²) in [4.78, 5) is 15.6. The highest BCUT2D eigenvalue weighted by atomic mass is 15.3. The maximum absolute atomic E-state index is 4.86. The van der Waals surface area contributed by atoms with Gasteiger partial charge >= 0.3 is 0 Å². The van der Waals surface area contributed by atoms with E-state index in [1.807, 2.05) is 60.1 Å². The lowest BCUT2D eigenvalue weighted by Gasteiger charge is -2.32. The van der Waals surface area contributed by atoms with Crippen molar-refractivity contribution in [3.8, 4) is 0 Å². The van der Waals surface area contributed by atoms with Crippen LogP contribution in [0.5, 0.6) is 0 Å². The van der Waals surface area contributed by atoms with Crippen molar-refractivity contribution in [1.29, 1.82) is 0 Å². The molecule has 0 fully saturated rings. The number of nitrogens with zero attached hydrogens (tertiary/aromatic N) is 4. The molecule has 1 spiro atoms. The maximum Gasteiger partial charge on any atom is 0.199 e. The van der Waals surface area contributed by atoms with Crippen molar-refractivity contribution >= 4 is 6.21 Å². The third kappa shape index (κ3) is 1.12. The highest BCUT2D eigenvalue weighted by molar-refractivity contribution is 5.80. The van der Waals surface area contributed by atoms with E-state index in [9.17, 15) is 0 Å². The van der Waals surface area contributed by atoms with Crippen molar-refractivity contribution in [2.45, 2.75) is 5.66 Å². The monoisotopic (exact) mass is 234 g/mol. The summed E-state index contributed by atoms with van der Waals surface area (Å²) >= 11 is 0. The van der Waals surface area contributed by atoms with E-state index in [-0.39, 0.29) is 0 Å². The van der Waals surface area contributed by atoms with Gasteiger partial charge in [-0.05, 0) is 18.2 Å². The van der Waals surface area contributed by atoms with E-state index in [0.717, 1.165) is 16.3 Å². The first-order valence-electron chi connectivity index (χ1n) is 5.80. The van der Waals surface area contributed by atoms with E-state index in [4.69, 9.17) is 4.99 Å². The van der Waals surface area contributed by atoms with Gasteiger partial charge < -0.3 is 4.90 Å². The van der Waals surface area contributed by atoms with Gasteiger partial charge in [0, 0.05) is 30.4 Å². The largest absolute Gasteiger partial charge is 0.320 e. The predicted molar refractivity (Wildman–Crippen MR) is 68.2 cm³/mol. The second-order valence-corrected chi connectivity index (χ2v) is 4.34. The van der Waals surface area contributed by atoms with Crippen molar-refractivity contribution < 1.29 is 0 Å². The lowest BCUT2D eigenvalue weighted by molar-refractivity contribution is 0.371. The van der Waals surface area contributed by atoms with Crippen LogP contribution in [0.1, 0.15) is 0 Å². The zero-order valence-corrected chi connectivity index (χ0v) is 9.56. The fraction of sp³-hybridized carbons (Fsp3) is 0.0714. The van der Waals surface area contributed by atoms with E-state index in [1.54, 1.807) is 6.20 Å². The van der Waals surface area contributed by atoms with Crippen LogP contribution in [-0.4, -0.2) is 16.8 Å². The van der Waals surface area contributed by atoms with E-state index < -0.39 is 5.66 Å². The van der Waals surface area contributed by atoms with Gasteiger partial charge in [0.1, 0.15) is 0 Å². The SMILES string of the molecule is C1=CN2C=CC3=CN=c4ccccc4=NC32C=N1. The molecule has 1 aromatic carbocycles. The molecule has 0 saturated heterocycles. The van der Waals surface area contributed by atoms with Crippen molar-refractivity contribution in [3.63, 3.8) is 0 Å². The average molecular weight is 234 g/mol. The predicted octanol–water partition coefficient (Wildman–Crippen LogP) is 0.904. The molecule has 4 rings (SSSR count). The Bertz CT molecular complexity index is 754. The van der Waals surface area contributed by atoms with Gasteiger partial charge in [-0.15, -0.1) is 0 Å². The molecule has 18 heavy (non-hydrogen) atoms. The molecule has 0 saturated carbocycles. The molecule has 3 heterocycles. The fourth-order valence-electron chi connectivity index (χ4n) is 2.39. The Hall–Kier alpha value is -2.49. The highest BCUT2D eigenvalue weighted by Gasteiger charge is 2.40. The minimum absolute atomic E-state index is 0.551. The summed E-state index contributed by atoms with van der Waals surface area (Å²) < 4.78 is 0. The van der Waals surface area contributed by atoms with Gasteiger partial charge in [-0.25, -0.2) is 4.99 Å². The number of fused-ring (bicyclic) bond motifs is 1. The molecule has 0 aliphatic carbocycles. The van der Waals surface area contributed by atoms with Crippen LogP contribution in [0.15, 0.2) is 75.7 Å². The molecule has 4 nitrogen and oxygen atoms in total. The summed E-state index contributed by atoms with van der Waals surface area (Å²) in [5.41, 5.74) is 0.483. The molecular weight excluding hydrogens is 224 g/mol. The number of benzene rings is 1. The second-order valence-electron chi connectivity index (χ2n) is 4.34. The van der Waals surface area contributed by atoms with Crippen LogP contribution in [0, 0.1) is 0 Å². The number of hydrogen-bond acceptors (Lipinski definition) is 4. The lowest BCUT2D eigenvalue weighted by atomic mass is 10.0. The molecule has 0 aromatic heterocycles. The highest BCUT2D eigenvalue weighted by Crippen LogP contribution is 2.34. The number of hydrogen-bond donors (Lipinski definition) is 0. The van der Waals surface area contributed by atoms with Crippen LogP contribution < -0.4 is 10.7 Å². The van der Waals surface area contributed by atoms with Gasteiger partial charge in [-0.2, -0.15) is 0 Å². The fourth-order valence-corrected chi connectivity index (χ4v) is 2.39. The van der Waals surface area contributed by atoms with Crippen LogP contribution >= 0.6 is 0 Å². The van der Waals surface area contributed by atoms with Gasteiger partial charge in [0.05, 0.1) is 16.9 Å². The molecule has 3 aliphatic rings. The molecule has 4 heteroatoms. The standard InChI is InChI=1S/C14H10N4/c1-2-4-13-12(3-1)16-9-11-5-7-18-8-6-15-10-14(11,18)17-13/h1-10H. The van der Waals surface area contributed by atoms with Gasteiger partial charge in [0.15, 0.2) is 5.66 Å². The molecule has 0 radical (unpaired) electrons. The smallest absolute Gasteiger partial charge is 0.199 e. The quantitative estimate of drug-likeness (QED) is 0.657. The molecule has 0 amide bonds. The van der Waals surface area contributed by atoms with E-state index in [2.05, 4.69) is 9.98 Å². The zero-order chi connectivity index (χ0) is 12.0. The molecule has 86 valence electrons. The normalized spacial score (nSPS) is 26.4. The van der Waals surface area contributed by atoms with Crippen LogP contribution in [-0.2, 0) is 0 Å². The first-order valence-corrected chi connectivity index (χ1v) is 5.80. The van der Waals surface area contributed by atoms with E-state index in [0.29, 0.717) is 0 Å². The average Bonchev–Trinajstić information content (AvgIpc) is 2.69. The molecule has 1 aromatic rings. The van der Waals surface area contributed by atoms with Crippen molar-refractivity contribution in [1.82, 2.24) is 4.90 Å². The Morgan fingerprint density at radius 1 is 1.06 bits per heavy atom. The zero-order valence-electron chi connectivity index (χ0n) is 9.56. The Morgan fingerprint density at radius 3 is 2.89 bits per heavy atom. The Morgan fingerprint density at radius 2 is 1.94 bits per heavy atom. The van der Waals surface area contributed by atoms with Gasteiger partial charge in [0.25, 0.3) is 0 Å². The Balaban J connectivity index is 2.08. The van der Waals surface area contributed by atoms with Crippen molar-refractivity contribution in [3.05, 3.63) is 71.4 Å². The maximum atomic E-state index is 4.86. The summed E-state index contributed by atoms with van der Waals surface area (Å²) in [7, 11) is 0. The summed E-state index contributed by atoms with van der Waals surface area (Å²) in [5.74, 6) is 0. The van der Waals surface area contributed by atoms with Crippen LogP contribution in [0.2, 0.25) is 0 Å². The minimum Gasteiger partial charge on any atom is -0.320 e. The molecule has 0 N–H and O–H groups in total. The van der Waals surface area contributed by atoms with Crippen LogP contribution in [0.3, 0.4) is 0 Å². The lowest BCUT2D eigenvalue weighted by Crippen LogP contribution is -2.44. The summed E-state index contributed by atoms with van der Waals surface area (Å²) in [6.07, 6.45) is 11.4. The summed E-state index contributed by atoms with van der Waals surface area (Å²) in [6, 6.07) is 7.89. The van der Waals surface area contributed by atoms with Crippen LogP contribution in [0.4, 0.5) is 0 Å². The van der Waals surface area contributed by atoms with Crippen molar-refractivity contribution in [2.24, 2.45) is 15.0 Å². The second kappa shape index (κ2) is 3.26. The number of para-hydroxylation sites is 2. The molecule has 1 atom stereocenters. The Kier molecular flexibility index (Phi) is 1.73. The van der Waals surface area contributed by atoms with Gasteiger partial charge in [-0.3, -0.25) is 9.98 Å². The summed E-state index contributed by atoms with van der Waals surface area (Å²) in [6.45, 7) is 0. The minimum atomic E-state index is -0.551. The molecule has 0 bridgehead atoms. The molecule has 3 aliphatic heterocycles. The van der Waals surface area contributed by atoms with E-state index in [1.165, 1.54) is 0 Å².